The summed E-state index contributed by atoms with van der Waals surface area (Å²) in [5.41, 5.74) is 0.617. The van der Waals surface area contributed by atoms with Gasteiger partial charge < -0.3 is 5.11 Å². The maximum atomic E-state index is 12.1. The summed E-state index contributed by atoms with van der Waals surface area (Å²) in [6, 6.07) is 5.80. The number of carboxylic acid groups (broad SMARTS) is 1. The fourth-order valence-corrected chi connectivity index (χ4v) is 3.40. The van der Waals surface area contributed by atoms with Gasteiger partial charge in [0.15, 0.2) is 5.69 Å². The van der Waals surface area contributed by atoms with Crippen LogP contribution in [0.15, 0.2) is 23.4 Å². The van der Waals surface area contributed by atoms with Crippen LogP contribution in [0, 0.1) is 11.3 Å². The van der Waals surface area contributed by atoms with Crippen molar-refractivity contribution in [2.24, 2.45) is 0 Å². The van der Waals surface area contributed by atoms with Gasteiger partial charge in [-0.1, -0.05) is 6.92 Å². The van der Waals surface area contributed by atoms with Crippen molar-refractivity contribution in [3.8, 4) is 6.07 Å². The number of pyridine rings is 1. The van der Waals surface area contributed by atoms with E-state index in [9.17, 15) is 19.4 Å². The van der Waals surface area contributed by atoms with Gasteiger partial charge in [-0.15, -0.1) is 0 Å². The molecular weight excluding hydrogens is 290 g/mol. The molecule has 1 atom stereocenters. The molecule has 1 unspecified atom stereocenters. The predicted octanol–water partition coefficient (Wildman–Crippen LogP) is 1.72. The van der Waals surface area contributed by atoms with E-state index in [1.807, 2.05) is 0 Å². The molecule has 0 radical (unpaired) electrons. The molecule has 3 rings (SSSR count). The zero-order valence-corrected chi connectivity index (χ0v) is 12.2. The fourth-order valence-electron chi connectivity index (χ4n) is 2.40. The highest BCUT2D eigenvalue weighted by atomic mass is 32.2. The van der Waals surface area contributed by atoms with Gasteiger partial charge in [0.1, 0.15) is 10.7 Å². The van der Waals surface area contributed by atoms with E-state index in [4.69, 9.17) is 0 Å². The Balaban J connectivity index is 2.23. The molecule has 2 aromatic rings. The molecule has 2 heterocycles. The smallest absolute Gasteiger partial charge is 0.357 e. The van der Waals surface area contributed by atoms with Gasteiger partial charge in [0, 0.05) is 11.9 Å². The number of carbonyl (C=O) groups is 1. The average Bonchev–Trinajstić information content (AvgIpc) is 3.19. The molecule has 0 amide bonds. The Bertz CT molecular complexity index is 815. The van der Waals surface area contributed by atoms with E-state index >= 15 is 0 Å². The van der Waals surface area contributed by atoms with E-state index in [2.05, 4.69) is 11.1 Å². The number of imidazole rings is 1. The Morgan fingerprint density at radius 2 is 2.33 bits per heavy atom. The minimum absolute atomic E-state index is 0.186. The highest BCUT2D eigenvalue weighted by molar-refractivity contribution is 7.85. The van der Waals surface area contributed by atoms with Crippen LogP contribution in [-0.4, -0.2) is 30.4 Å². The first-order chi connectivity index (χ1) is 10.0. The Labute approximate surface area is 123 Å². The number of fused-ring (bicyclic) bond motifs is 1. The monoisotopic (exact) mass is 303 g/mol. The van der Waals surface area contributed by atoms with Gasteiger partial charge in [0.2, 0.25) is 0 Å². The van der Waals surface area contributed by atoms with E-state index < -0.39 is 22.2 Å². The van der Waals surface area contributed by atoms with Gasteiger partial charge in [-0.3, -0.25) is 8.61 Å². The Kier molecular flexibility index (Phi) is 3.06. The first-order valence-electron chi connectivity index (χ1n) is 6.58. The number of nitriles is 1. The minimum atomic E-state index is -1.43. The van der Waals surface area contributed by atoms with Crippen molar-refractivity contribution >= 4 is 22.4 Å². The first-order valence-corrected chi connectivity index (χ1v) is 7.90. The van der Waals surface area contributed by atoms with Crippen LogP contribution in [0.25, 0.3) is 5.65 Å². The second-order valence-electron chi connectivity index (χ2n) is 5.04. The number of hydrogen-bond acceptors (Lipinski definition) is 4. The number of aromatic nitrogens is 2. The lowest BCUT2D eigenvalue weighted by Crippen LogP contribution is -2.07. The van der Waals surface area contributed by atoms with Gasteiger partial charge in [0.25, 0.3) is 0 Å². The summed E-state index contributed by atoms with van der Waals surface area (Å²) < 4.78 is 13.6. The van der Waals surface area contributed by atoms with Gasteiger partial charge >= 0.3 is 5.97 Å². The minimum Gasteiger partial charge on any atom is -0.476 e. The molecule has 2 aromatic heterocycles. The molecule has 6 nitrogen and oxygen atoms in total. The summed E-state index contributed by atoms with van der Waals surface area (Å²) in [6.07, 6.45) is 3.27. The van der Waals surface area contributed by atoms with Gasteiger partial charge in [-0.05, 0) is 30.5 Å². The summed E-state index contributed by atoms with van der Waals surface area (Å²) in [6.45, 7) is 1.73. The largest absolute Gasteiger partial charge is 0.476 e. The third kappa shape index (κ3) is 2.03. The van der Waals surface area contributed by atoms with Crippen LogP contribution in [-0.2, 0) is 16.2 Å². The predicted molar refractivity (Wildman–Crippen MR) is 75.6 cm³/mol. The number of carboxylic acids is 1. The zero-order chi connectivity index (χ0) is 15.2. The van der Waals surface area contributed by atoms with Crippen LogP contribution in [0.4, 0.5) is 0 Å². The summed E-state index contributed by atoms with van der Waals surface area (Å²) in [4.78, 5) is 15.4. The molecular formula is C14H13N3O3S. The van der Waals surface area contributed by atoms with E-state index in [1.165, 1.54) is 0 Å². The highest BCUT2D eigenvalue weighted by Gasteiger charge is 2.45. The Hall–Kier alpha value is -2.20. The average molecular weight is 303 g/mol. The van der Waals surface area contributed by atoms with Gasteiger partial charge in [-0.25, -0.2) is 9.78 Å². The van der Waals surface area contributed by atoms with E-state index in [-0.39, 0.29) is 10.7 Å². The number of aromatic carboxylic acids is 1. The van der Waals surface area contributed by atoms with Crippen molar-refractivity contribution in [2.45, 2.75) is 30.2 Å². The van der Waals surface area contributed by atoms with Gasteiger partial charge in [0.05, 0.1) is 22.3 Å². The van der Waals surface area contributed by atoms with E-state index in [0.29, 0.717) is 11.4 Å². The molecule has 0 aliphatic heterocycles. The number of rotatable bonds is 4. The second kappa shape index (κ2) is 4.67. The van der Waals surface area contributed by atoms with Crippen LogP contribution in [0.3, 0.4) is 0 Å². The molecule has 21 heavy (non-hydrogen) atoms. The molecule has 1 saturated carbocycles. The molecule has 108 valence electrons. The lowest BCUT2D eigenvalue weighted by atomic mass is 9.99. The van der Waals surface area contributed by atoms with Gasteiger partial charge in [-0.2, -0.15) is 5.26 Å². The molecule has 1 aliphatic rings. The van der Waals surface area contributed by atoms with Crippen LogP contribution in [0.5, 0.6) is 0 Å². The van der Waals surface area contributed by atoms with E-state index in [0.717, 1.165) is 18.4 Å². The molecule has 1 N–H and O–H groups in total. The van der Waals surface area contributed by atoms with Crippen molar-refractivity contribution < 1.29 is 14.1 Å². The maximum Gasteiger partial charge on any atom is 0.357 e. The van der Waals surface area contributed by atoms with Crippen LogP contribution >= 0.6 is 0 Å². The Morgan fingerprint density at radius 3 is 2.86 bits per heavy atom. The summed E-state index contributed by atoms with van der Waals surface area (Å²) in [5.74, 6) is -0.878. The quantitative estimate of drug-likeness (QED) is 0.927. The third-order valence-corrected chi connectivity index (χ3v) is 5.13. The van der Waals surface area contributed by atoms with Crippen molar-refractivity contribution in [3.63, 3.8) is 0 Å². The van der Waals surface area contributed by atoms with Crippen molar-refractivity contribution in [1.29, 1.82) is 5.26 Å². The lowest BCUT2D eigenvalue weighted by Gasteiger charge is -2.07. The van der Waals surface area contributed by atoms with Crippen LogP contribution < -0.4 is 0 Å². The van der Waals surface area contributed by atoms with Crippen molar-refractivity contribution in [3.05, 3.63) is 29.6 Å². The summed E-state index contributed by atoms with van der Waals surface area (Å²) in [5, 5.41) is 18.7. The molecule has 0 aromatic carbocycles. The summed E-state index contributed by atoms with van der Waals surface area (Å²) in [7, 11) is -1.43. The molecule has 1 aliphatic carbocycles. The summed E-state index contributed by atoms with van der Waals surface area (Å²) >= 11 is 0. The SMILES string of the molecule is CCS(=O)c1c(C(=O)O)nc2cc(C3(C#N)CC3)ccn12. The maximum absolute atomic E-state index is 12.1. The van der Waals surface area contributed by atoms with Crippen molar-refractivity contribution in [1.82, 2.24) is 9.38 Å². The molecule has 1 fully saturated rings. The molecule has 7 heteroatoms. The number of nitrogens with zero attached hydrogens (tertiary/aromatic N) is 3. The normalized spacial score (nSPS) is 17.3. The topological polar surface area (TPSA) is 95.5 Å². The number of hydrogen-bond donors (Lipinski definition) is 1. The first kappa shape index (κ1) is 13.8. The highest BCUT2D eigenvalue weighted by Crippen LogP contribution is 2.47. The molecule has 0 spiro atoms. The van der Waals surface area contributed by atoms with Crippen molar-refractivity contribution in [2.75, 3.05) is 5.75 Å². The fraction of sp³-hybridized carbons (Fsp3) is 0.357. The Morgan fingerprint density at radius 1 is 1.62 bits per heavy atom. The standard InChI is InChI=1S/C14H13N3O3S/c1-2-21(20)12-11(13(18)19)16-10-7-9(3-6-17(10)12)14(8-15)4-5-14/h3,6-7H,2,4-5H2,1H3,(H,18,19). The van der Waals surface area contributed by atoms with E-state index in [1.54, 1.807) is 29.7 Å². The molecule has 0 saturated heterocycles. The third-order valence-electron chi connectivity index (χ3n) is 3.78. The second-order valence-corrected chi connectivity index (χ2v) is 6.70. The zero-order valence-electron chi connectivity index (χ0n) is 11.4. The molecule has 0 bridgehead atoms. The van der Waals surface area contributed by atoms with Crippen LogP contribution in [0.2, 0.25) is 0 Å². The van der Waals surface area contributed by atoms with Crippen LogP contribution in [0.1, 0.15) is 35.8 Å². The lowest BCUT2D eigenvalue weighted by molar-refractivity contribution is 0.0686.